The third kappa shape index (κ3) is 5.85. The second kappa shape index (κ2) is 8.51. The van der Waals surface area contributed by atoms with E-state index in [-0.39, 0.29) is 12.4 Å². The molecule has 0 bridgehead atoms. The molecule has 0 aliphatic carbocycles. The summed E-state index contributed by atoms with van der Waals surface area (Å²) in [5.41, 5.74) is 0.972. The molecule has 1 rings (SSSR count). The zero-order chi connectivity index (χ0) is 13.4. The summed E-state index contributed by atoms with van der Waals surface area (Å²) in [5.74, 6) is 1.18. The Morgan fingerprint density at radius 2 is 2.17 bits per heavy atom. The van der Waals surface area contributed by atoms with Gasteiger partial charge in [0.1, 0.15) is 5.82 Å². The molecule has 18 heavy (non-hydrogen) atoms. The predicted molar refractivity (Wildman–Crippen MR) is 75.4 cm³/mol. The molecule has 0 radical (unpaired) electrons. The summed E-state index contributed by atoms with van der Waals surface area (Å²) >= 11 is 1.45. The van der Waals surface area contributed by atoms with Crippen LogP contribution in [0, 0.1) is 11.7 Å². The van der Waals surface area contributed by atoms with Crippen LogP contribution in [0.25, 0.3) is 0 Å². The Morgan fingerprint density at radius 1 is 1.39 bits per heavy atom. The molecule has 1 aromatic rings. The topological polar surface area (TPSA) is 32.3 Å². The molecule has 1 aromatic carbocycles. The highest BCUT2D eigenvalue weighted by Gasteiger charge is 2.04. The van der Waals surface area contributed by atoms with Gasteiger partial charge in [-0.2, -0.15) is 0 Å². The van der Waals surface area contributed by atoms with Gasteiger partial charge < -0.3 is 10.4 Å². The van der Waals surface area contributed by atoms with E-state index in [1.54, 1.807) is 6.07 Å². The summed E-state index contributed by atoms with van der Waals surface area (Å²) in [7, 11) is 0. The minimum atomic E-state index is -0.165. The lowest BCUT2D eigenvalue weighted by Gasteiger charge is -2.09. The van der Waals surface area contributed by atoms with Crippen LogP contribution in [0.1, 0.15) is 25.8 Å². The average Bonchev–Trinajstić information content (AvgIpc) is 2.31. The van der Waals surface area contributed by atoms with E-state index in [2.05, 4.69) is 19.2 Å². The highest BCUT2D eigenvalue weighted by atomic mass is 32.2. The second-order valence-corrected chi connectivity index (χ2v) is 5.85. The Kier molecular flexibility index (Phi) is 7.32. The van der Waals surface area contributed by atoms with Crippen LogP contribution < -0.4 is 5.32 Å². The molecule has 0 atom stereocenters. The third-order valence-electron chi connectivity index (χ3n) is 2.44. The maximum atomic E-state index is 13.8. The number of hydrogen-bond acceptors (Lipinski definition) is 3. The SMILES string of the molecule is CC(C)CNCc1ccc(SCCCO)c(F)c1. The quantitative estimate of drug-likeness (QED) is 0.563. The van der Waals surface area contributed by atoms with Gasteiger partial charge in [-0.25, -0.2) is 4.39 Å². The molecule has 0 aliphatic heterocycles. The van der Waals surface area contributed by atoms with E-state index in [4.69, 9.17) is 5.11 Å². The lowest BCUT2D eigenvalue weighted by Crippen LogP contribution is -2.18. The zero-order valence-corrected chi connectivity index (χ0v) is 11.9. The van der Waals surface area contributed by atoms with Gasteiger partial charge in [0.05, 0.1) is 0 Å². The monoisotopic (exact) mass is 271 g/mol. The van der Waals surface area contributed by atoms with Crippen molar-refractivity contribution in [3.63, 3.8) is 0 Å². The molecule has 0 aliphatic rings. The van der Waals surface area contributed by atoms with Crippen LogP contribution in [0.5, 0.6) is 0 Å². The van der Waals surface area contributed by atoms with Crippen LogP contribution in [0.4, 0.5) is 4.39 Å². The first-order valence-corrected chi connectivity index (χ1v) is 7.35. The van der Waals surface area contributed by atoms with Gasteiger partial charge in [-0.3, -0.25) is 0 Å². The van der Waals surface area contributed by atoms with Gasteiger partial charge in [-0.05, 0) is 36.6 Å². The predicted octanol–water partition coefficient (Wildman–Crippen LogP) is 3.05. The van der Waals surface area contributed by atoms with Crippen LogP contribution in [-0.4, -0.2) is 24.0 Å². The van der Waals surface area contributed by atoms with E-state index in [0.29, 0.717) is 23.8 Å². The number of halogens is 1. The van der Waals surface area contributed by atoms with E-state index in [1.165, 1.54) is 11.8 Å². The Balaban J connectivity index is 2.45. The van der Waals surface area contributed by atoms with Crippen molar-refractivity contribution in [2.45, 2.75) is 31.7 Å². The standard InChI is InChI=1S/C14H22FNOS/c1-11(2)9-16-10-12-4-5-14(13(15)8-12)18-7-3-6-17/h4-5,8,11,16-17H,3,6-7,9-10H2,1-2H3. The minimum absolute atomic E-state index is 0.159. The van der Waals surface area contributed by atoms with Crippen molar-refractivity contribution in [3.05, 3.63) is 29.6 Å². The van der Waals surface area contributed by atoms with Crippen molar-refractivity contribution in [2.75, 3.05) is 18.9 Å². The van der Waals surface area contributed by atoms with Crippen LogP contribution in [0.3, 0.4) is 0 Å². The lowest BCUT2D eigenvalue weighted by atomic mass is 10.2. The Morgan fingerprint density at radius 3 is 2.78 bits per heavy atom. The van der Waals surface area contributed by atoms with Crippen molar-refractivity contribution in [2.24, 2.45) is 5.92 Å². The van der Waals surface area contributed by atoms with Crippen molar-refractivity contribution in [1.29, 1.82) is 0 Å². The molecule has 0 aromatic heterocycles. The van der Waals surface area contributed by atoms with Crippen LogP contribution in [0.2, 0.25) is 0 Å². The molecule has 2 N–H and O–H groups in total. The Labute approximate surface area is 113 Å². The van der Waals surface area contributed by atoms with E-state index in [1.807, 2.05) is 12.1 Å². The highest BCUT2D eigenvalue weighted by Crippen LogP contribution is 2.23. The number of rotatable bonds is 8. The second-order valence-electron chi connectivity index (χ2n) is 4.72. The number of hydrogen-bond donors (Lipinski definition) is 2. The lowest BCUT2D eigenvalue weighted by molar-refractivity contribution is 0.296. The van der Waals surface area contributed by atoms with Gasteiger partial charge >= 0.3 is 0 Å². The summed E-state index contributed by atoms with van der Waals surface area (Å²) in [6, 6.07) is 5.37. The van der Waals surface area contributed by atoms with Crippen molar-refractivity contribution < 1.29 is 9.50 Å². The number of aliphatic hydroxyl groups excluding tert-OH is 1. The molecular weight excluding hydrogens is 249 g/mol. The molecule has 0 amide bonds. The number of aliphatic hydroxyl groups is 1. The highest BCUT2D eigenvalue weighted by molar-refractivity contribution is 7.99. The van der Waals surface area contributed by atoms with Crippen LogP contribution in [0.15, 0.2) is 23.1 Å². The maximum absolute atomic E-state index is 13.8. The zero-order valence-electron chi connectivity index (χ0n) is 11.1. The van der Waals surface area contributed by atoms with Crippen LogP contribution in [-0.2, 0) is 6.54 Å². The first-order valence-electron chi connectivity index (χ1n) is 6.36. The smallest absolute Gasteiger partial charge is 0.137 e. The summed E-state index contributed by atoms with van der Waals surface area (Å²) in [6.07, 6.45) is 0.696. The number of nitrogens with one attached hydrogen (secondary N) is 1. The van der Waals surface area contributed by atoms with E-state index < -0.39 is 0 Å². The minimum Gasteiger partial charge on any atom is -0.396 e. The van der Waals surface area contributed by atoms with Crippen LogP contribution >= 0.6 is 11.8 Å². The molecule has 0 fully saturated rings. The first kappa shape index (κ1) is 15.5. The summed E-state index contributed by atoms with van der Waals surface area (Å²) in [6.45, 7) is 6.10. The number of thioether (sulfide) groups is 1. The van der Waals surface area contributed by atoms with E-state index in [9.17, 15) is 4.39 Å². The molecule has 102 valence electrons. The van der Waals surface area contributed by atoms with Gasteiger partial charge in [0.25, 0.3) is 0 Å². The largest absolute Gasteiger partial charge is 0.396 e. The van der Waals surface area contributed by atoms with E-state index >= 15 is 0 Å². The van der Waals surface area contributed by atoms with Crippen molar-refractivity contribution in [3.8, 4) is 0 Å². The summed E-state index contributed by atoms with van der Waals surface area (Å²) in [5, 5.41) is 12.0. The third-order valence-corrected chi connectivity index (χ3v) is 3.57. The molecule has 0 spiro atoms. The molecular formula is C14H22FNOS. The van der Waals surface area contributed by atoms with Crippen molar-refractivity contribution >= 4 is 11.8 Å². The molecule has 2 nitrogen and oxygen atoms in total. The molecule has 0 unspecified atom stereocenters. The molecule has 0 saturated carbocycles. The normalized spacial score (nSPS) is 11.2. The fourth-order valence-corrected chi connectivity index (χ4v) is 2.38. The summed E-state index contributed by atoms with van der Waals surface area (Å²) < 4.78 is 13.8. The summed E-state index contributed by atoms with van der Waals surface area (Å²) in [4.78, 5) is 0.663. The van der Waals surface area contributed by atoms with Gasteiger partial charge in [0, 0.05) is 23.8 Å². The fourth-order valence-electron chi connectivity index (χ4n) is 1.52. The average molecular weight is 271 g/mol. The number of benzene rings is 1. The Bertz CT molecular complexity index is 358. The van der Waals surface area contributed by atoms with E-state index in [0.717, 1.165) is 17.9 Å². The van der Waals surface area contributed by atoms with Gasteiger partial charge in [0.15, 0.2) is 0 Å². The van der Waals surface area contributed by atoms with Gasteiger partial charge in [-0.1, -0.05) is 19.9 Å². The van der Waals surface area contributed by atoms with Crippen molar-refractivity contribution in [1.82, 2.24) is 5.32 Å². The fraction of sp³-hybridized carbons (Fsp3) is 0.571. The Hall–Kier alpha value is -0.580. The van der Waals surface area contributed by atoms with Gasteiger partial charge in [0.2, 0.25) is 0 Å². The maximum Gasteiger partial charge on any atom is 0.137 e. The van der Waals surface area contributed by atoms with Gasteiger partial charge in [-0.15, -0.1) is 11.8 Å². The first-order chi connectivity index (χ1) is 8.63. The molecule has 0 saturated heterocycles. The molecule has 4 heteroatoms. The molecule has 0 heterocycles.